The third-order valence-electron chi connectivity index (χ3n) is 2.29. The van der Waals surface area contributed by atoms with Gasteiger partial charge in [0.05, 0.1) is 0 Å². The SMILES string of the molecule is CCCN(C)c1cc(C(F)(F)F)nc(NCC)n1. The lowest BCUT2D eigenvalue weighted by molar-refractivity contribution is -0.141. The summed E-state index contributed by atoms with van der Waals surface area (Å²) in [5, 5.41) is 2.71. The average molecular weight is 262 g/mol. The monoisotopic (exact) mass is 262 g/mol. The highest BCUT2D eigenvalue weighted by Gasteiger charge is 2.34. The molecule has 0 aliphatic carbocycles. The van der Waals surface area contributed by atoms with E-state index in [2.05, 4.69) is 15.3 Å². The van der Waals surface area contributed by atoms with E-state index in [1.54, 1.807) is 18.9 Å². The highest BCUT2D eigenvalue weighted by Crippen LogP contribution is 2.30. The zero-order chi connectivity index (χ0) is 13.8. The van der Waals surface area contributed by atoms with Crippen molar-refractivity contribution in [2.24, 2.45) is 0 Å². The van der Waals surface area contributed by atoms with E-state index < -0.39 is 11.9 Å². The molecule has 1 heterocycles. The number of anilines is 2. The Morgan fingerprint density at radius 1 is 1.28 bits per heavy atom. The van der Waals surface area contributed by atoms with Crippen molar-refractivity contribution in [3.8, 4) is 0 Å². The van der Waals surface area contributed by atoms with Gasteiger partial charge in [0.2, 0.25) is 5.95 Å². The van der Waals surface area contributed by atoms with Gasteiger partial charge in [-0.3, -0.25) is 0 Å². The van der Waals surface area contributed by atoms with Gasteiger partial charge in [-0.15, -0.1) is 0 Å². The molecule has 1 aromatic rings. The Morgan fingerprint density at radius 3 is 2.44 bits per heavy atom. The van der Waals surface area contributed by atoms with Gasteiger partial charge >= 0.3 is 6.18 Å². The van der Waals surface area contributed by atoms with Crippen molar-refractivity contribution in [1.82, 2.24) is 9.97 Å². The molecule has 0 atom stereocenters. The average Bonchev–Trinajstić information content (AvgIpc) is 2.28. The maximum absolute atomic E-state index is 12.7. The van der Waals surface area contributed by atoms with Crippen LogP contribution in [-0.4, -0.2) is 30.1 Å². The Bertz CT molecular complexity index is 392. The van der Waals surface area contributed by atoms with E-state index in [9.17, 15) is 13.2 Å². The molecule has 0 aliphatic heterocycles. The van der Waals surface area contributed by atoms with Crippen molar-refractivity contribution in [3.05, 3.63) is 11.8 Å². The third-order valence-corrected chi connectivity index (χ3v) is 2.29. The van der Waals surface area contributed by atoms with Gasteiger partial charge in [-0.1, -0.05) is 6.92 Å². The van der Waals surface area contributed by atoms with E-state index in [0.717, 1.165) is 12.5 Å². The first-order valence-corrected chi connectivity index (χ1v) is 5.79. The number of halogens is 3. The van der Waals surface area contributed by atoms with Crippen LogP contribution < -0.4 is 10.2 Å². The Hall–Kier alpha value is -1.53. The molecule has 0 bridgehead atoms. The Morgan fingerprint density at radius 2 is 1.94 bits per heavy atom. The molecule has 0 fully saturated rings. The van der Waals surface area contributed by atoms with Crippen molar-refractivity contribution in [1.29, 1.82) is 0 Å². The van der Waals surface area contributed by atoms with Crippen LogP contribution in [0.25, 0.3) is 0 Å². The van der Waals surface area contributed by atoms with Gasteiger partial charge in [-0.05, 0) is 13.3 Å². The minimum absolute atomic E-state index is 0.00489. The topological polar surface area (TPSA) is 41.1 Å². The quantitative estimate of drug-likeness (QED) is 0.886. The number of hydrogen-bond acceptors (Lipinski definition) is 4. The number of hydrogen-bond donors (Lipinski definition) is 1. The van der Waals surface area contributed by atoms with Crippen molar-refractivity contribution < 1.29 is 13.2 Å². The van der Waals surface area contributed by atoms with Gasteiger partial charge < -0.3 is 10.2 Å². The summed E-state index contributed by atoms with van der Waals surface area (Å²) in [7, 11) is 1.71. The maximum Gasteiger partial charge on any atom is 0.433 e. The van der Waals surface area contributed by atoms with Crippen LogP contribution in [-0.2, 0) is 6.18 Å². The van der Waals surface area contributed by atoms with Gasteiger partial charge in [0.25, 0.3) is 0 Å². The van der Waals surface area contributed by atoms with Crippen molar-refractivity contribution in [3.63, 3.8) is 0 Å². The summed E-state index contributed by atoms with van der Waals surface area (Å²) in [4.78, 5) is 9.20. The zero-order valence-electron chi connectivity index (χ0n) is 10.7. The van der Waals surface area contributed by atoms with Gasteiger partial charge in [0.1, 0.15) is 5.82 Å². The molecule has 1 rings (SSSR count). The summed E-state index contributed by atoms with van der Waals surface area (Å²) in [6.07, 6.45) is -3.63. The summed E-state index contributed by atoms with van der Waals surface area (Å²) in [5.74, 6) is 0.278. The molecule has 0 aliphatic rings. The van der Waals surface area contributed by atoms with Gasteiger partial charge in [0, 0.05) is 26.2 Å². The van der Waals surface area contributed by atoms with Crippen molar-refractivity contribution in [2.45, 2.75) is 26.4 Å². The minimum Gasteiger partial charge on any atom is -0.360 e. The lowest BCUT2D eigenvalue weighted by Gasteiger charge is -2.19. The fourth-order valence-electron chi connectivity index (χ4n) is 1.46. The second kappa shape index (κ2) is 5.88. The molecule has 0 radical (unpaired) electrons. The second-order valence-electron chi connectivity index (χ2n) is 3.88. The summed E-state index contributed by atoms with van der Waals surface area (Å²) >= 11 is 0. The molecule has 7 heteroatoms. The number of alkyl halides is 3. The normalized spacial score (nSPS) is 11.4. The molecular weight excluding hydrogens is 245 g/mol. The fraction of sp³-hybridized carbons (Fsp3) is 0.636. The fourth-order valence-corrected chi connectivity index (χ4v) is 1.46. The molecule has 0 saturated heterocycles. The van der Waals surface area contributed by atoms with Gasteiger partial charge in [-0.2, -0.15) is 18.2 Å². The van der Waals surface area contributed by atoms with Crippen LogP contribution in [0, 0.1) is 0 Å². The smallest absolute Gasteiger partial charge is 0.360 e. The molecule has 1 aromatic heterocycles. The lowest BCUT2D eigenvalue weighted by atomic mass is 10.3. The summed E-state index contributed by atoms with van der Waals surface area (Å²) in [6, 6.07) is 0.969. The summed E-state index contributed by atoms with van der Waals surface area (Å²) < 4.78 is 38.1. The molecule has 102 valence electrons. The summed E-state index contributed by atoms with van der Waals surface area (Å²) in [5.41, 5.74) is -0.925. The highest BCUT2D eigenvalue weighted by atomic mass is 19.4. The lowest BCUT2D eigenvalue weighted by Crippen LogP contribution is -2.22. The molecule has 1 N–H and O–H groups in total. The Labute approximate surface area is 104 Å². The van der Waals surface area contributed by atoms with Crippen molar-refractivity contribution in [2.75, 3.05) is 30.4 Å². The minimum atomic E-state index is -4.46. The van der Waals surface area contributed by atoms with Crippen LogP contribution in [0.5, 0.6) is 0 Å². The standard InChI is InChI=1S/C11H17F3N4/c1-4-6-18(3)9-7-8(11(12,13)14)16-10(17-9)15-5-2/h7H,4-6H2,1-3H3,(H,15,16,17). The summed E-state index contributed by atoms with van der Waals surface area (Å²) in [6.45, 7) is 4.84. The largest absolute Gasteiger partial charge is 0.433 e. The van der Waals surface area contributed by atoms with Crippen LogP contribution in [0.15, 0.2) is 6.07 Å². The molecule has 18 heavy (non-hydrogen) atoms. The molecule has 0 unspecified atom stereocenters. The van der Waals surface area contributed by atoms with Crippen LogP contribution in [0.3, 0.4) is 0 Å². The van der Waals surface area contributed by atoms with Crippen LogP contribution in [0.1, 0.15) is 26.0 Å². The number of rotatable bonds is 5. The third kappa shape index (κ3) is 3.75. The number of nitrogens with one attached hydrogen (secondary N) is 1. The molecule has 4 nitrogen and oxygen atoms in total. The van der Waals surface area contributed by atoms with Gasteiger partial charge in [-0.25, -0.2) is 4.98 Å². The molecule has 0 aromatic carbocycles. The molecular formula is C11H17F3N4. The number of nitrogens with zero attached hydrogens (tertiary/aromatic N) is 3. The molecule has 0 amide bonds. The van der Waals surface area contributed by atoms with E-state index in [-0.39, 0.29) is 11.8 Å². The van der Waals surface area contributed by atoms with Gasteiger partial charge in [0.15, 0.2) is 5.69 Å². The van der Waals surface area contributed by atoms with Crippen LogP contribution in [0.4, 0.5) is 24.9 Å². The van der Waals surface area contributed by atoms with Crippen LogP contribution in [0.2, 0.25) is 0 Å². The second-order valence-corrected chi connectivity index (χ2v) is 3.88. The number of aromatic nitrogens is 2. The maximum atomic E-state index is 12.7. The molecule has 0 spiro atoms. The molecule has 0 saturated carbocycles. The predicted octanol–water partition coefficient (Wildman–Crippen LogP) is 2.77. The predicted molar refractivity (Wildman–Crippen MR) is 64.8 cm³/mol. The first kappa shape index (κ1) is 14.5. The van der Waals surface area contributed by atoms with E-state index in [4.69, 9.17) is 0 Å². The van der Waals surface area contributed by atoms with Crippen molar-refractivity contribution >= 4 is 11.8 Å². The van der Waals surface area contributed by atoms with E-state index in [1.807, 2.05) is 6.92 Å². The van der Waals surface area contributed by atoms with E-state index in [0.29, 0.717) is 13.1 Å². The highest BCUT2D eigenvalue weighted by molar-refractivity contribution is 5.44. The zero-order valence-corrected chi connectivity index (χ0v) is 10.7. The van der Waals surface area contributed by atoms with E-state index >= 15 is 0 Å². The van der Waals surface area contributed by atoms with Crippen LogP contribution >= 0.6 is 0 Å². The van der Waals surface area contributed by atoms with E-state index in [1.165, 1.54) is 0 Å². The first-order chi connectivity index (χ1) is 8.38. The Kier molecular flexibility index (Phi) is 4.75. The Balaban J connectivity index is 3.13. The first-order valence-electron chi connectivity index (χ1n) is 5.79.